The van der Waals surface area contributed by atoms with E-state index in [1.165, 1.54) is 6.08 Å². The van der Waals surface area contributed by atoms with Crippen molar-refractivity contribution in [3.63, 3.8) is 0 Å². The third-order valence-electron chi connectivity index (χ3n) is 5.88. The fourth-order valence-electron chi connectivity index (χ4n) is 3.65. The maximum atomic E-state index is 13.2. The molecule has 37 heavy (non-hydrogen) atoms. The summed E-state index contributed by atoms with van der Waals surface area (Å²) in [4.78, 5) is 51.7. The van der Waals surface area contributed by atoms with Gasteiger partial charge in [-0.1, -0.05) is 41.9 Å². The zero-order valence-corrected chi connectivity index (χ0v) is 21.2. The van der Waals surface area contributed by atoms with Crippen molar-refractivity contribution in [2.45, 2.75) is 20.8 Å². The smallest absolute Gasteiger partial charge is 0.335 e. The lowest BCUT2D eigenvalue weighted by atomic mass is 10.0. The molecule has 1 aliphatic heterocycles. The highest BCUT2D eigenvalue weighted by Gasteiger charge is 2.37. The van der Waals surface area contributed by atoms with Crippen LogP contribution < -0.4 is 20.3 Å². The van der Waals surface area contributed by atoms with Crippen molar-refractivity contribution in [2.75, 3.05) is 16.8 Å². The number of nitrogens with one attached hydrogen (secondary N) is 2. The zero-order chi connectivity index (χ0) is 26.7. The number of para-hydroxylation sites is 1. The monoisotopic (exact) mass is 517 g/mol. The van der Waals surface area contributed by atoms with Crippen molar-refractivity contribution in [2.24, 2.45) is 0 Å². The molecule has 0 atom stereocenters. The van der Waals surface area contributed by atoms with Gasteiger partial charge >= 0.3 is 6.03 Å². The van der Waals surface area contributed by atoms with E-state index in [-0.39, 0.29) is 17.9 Å². The van der Waals surface area contributed by atoms with E-state index in [4.69, 9.17) is 16.3 Å². The number of imide groups is 2. The van der Waals surface area contributed by atoms with E-state index in [9.17, 15) is 19.2 Å². The zero-order valence-electron chi connectivity index (χ0n) is 20.4. The Morgan fingerprint density at radius 2 is 1.70 bits per heavy atom. The van der Waals surface area contributed by atoms with Crippen LogP contribution in [0, 0.1) is 20.8 Å². The van der Waals surface area contributed by atoms with E-state index in [0.29, 0.717) is 22.0 Å². The maximum absolute atomic E-state index is 13.2. The summed E-state index contributed by atoms with van der Waals surface area (Å²) >= 11 is 6.11. The Bertz CT molecular complexity index is 1460. The molecule has 1 saturated heterocycles. The fraction of sp³-hybridized carbons (Fsp3) is 0.143. The van der Waals surface area contributed by atoms with Crippen LogP contribution in [0.3, 0.4) is 0 Å². The van der Waals surface area contributed by atoms with Gasteiger partial charge in [-0.25, -0.2) is 9.69 Å². The largest absolute Gasteiger partial charge is 0.483 e. The minimum Gasteiger partial charge on any atom is -0.483 e. The normalized spacial score (nSPS) is 14.5. The van der Waals surface area contributed by atoms with Gasteiger partial charge in [0.2, 0.25) is 0 Å². The Labute approximate surface area is 218 Å². The molecule has 1 fully saturated rings. The molecule has 0 radical (unpaired) electrons. The molecular weight excluding hydrogens is 494 g/mol. The number of carbonyl (C=O) groups is 4. The Kier molecular flexibility index (Phi) is 7.40. The second-order valence-corrected chi connectivity index (χ2v) is 8.97. The molecule has 0 bridgehead atoms. The molecule has 3 aromatic rings. The highest BCUT2D eigenvalue weighted by Crippen LogP contribution is 2.27. The van der Waals surface area contributed by atoms with Crippen LogP contribution in [0.25, 0.3) is 6.08 Å². The van der Waals surface area contributed by atoms with Gasteiger partial charge in [0.15, 0.2) is 6.61 Å². The van der Waals surface area contributed by atoms with E-state index in [0.717, 1.165) is 21.6 Å². The number of nitrogens with zero attached hydrogens (tertiary/aromatic N) is 1. The Morgan fingerprint density at radius 3 is 2.43 bits per heavy atom. The first-order chi connectivity index (χ1) is 17.6. The third-order valence-corrected chi connectivity index (χ3v) is 6.29. The number of urea groups is 1. The van der Waals surface area contributed by atoms with Gasteiger partial charge in [0.1, 0.15) is 11.3 Å². The predicted molar refractivity (Wildman–Crippen MR) is 142 cm³/mol. The minimum absolute atomic E-state index is 0.243. The van der Waals surface area contributed by atoms with Gasteiger partial charge in [-0.05, 0) is 73.9 Å². The topological polar surface area (TPSA) is 105 Å². The van der Waals surface area contributed by atoms with Crippen molar-refractivity contribution in [3.05, 3.63) is 93.5 Å². The number of anilines is 2. The molecule has 188 valence electrons. The van der Waals surface area contributed by atoms with Crippen molar-refractivity contribution in [1.82, 2.24) is 5.32 Å². The summed E-state index contributed by atoms with van der Waals surface area (Å²) in [5, 5.41) is 5.44. The Morgan fingerprint density at radius 1 is 0.973 bits per heavy atom. The summed E-state index contributed by atoms with van der Waals surface area (Å²) in [6.45, 7) is 5.32. The maximum Gasteiger partial charge on any atom is 0.335 e. The van der Waals surface area contributed by atoms with Crippen LogP contribution in [0.2, 0.25) is 5.02 Å². The van der Waals surface area contributed by atoms with E-state index in [1.807, 2.05) is 20.8 Å². The number of rotatable bonds is 6. The second-order valence-electron chi connectivity index (χ2n) is 8.57. The lowest BCUT2D eigenvalue weighted by molar-refractivity contribution is -0.122. The number of amides is 5. The molecule has 1 heterocycles. The molecule has 1 aliphatic rings. The fourth-order valence-corrected chi connectivity index (χ4v) is 3.83. The summed E-state index contributed by atoms with van der Waals surface area (Å²) in [7, 11) is 0. The van der Waals surface area contributed by atoms with Crippen molar-refractivity contribution >= 4 is 52.8 Å². The summed E-state index contributed by atoms with van der Waals surface area (Å²) in [6.07, 6.45) is 1.34. The molecule has 3 aromatic carbocycles. The first kappa shape index (κ1) is 25.7. The van der Waals surface area contributed by atoms with Gasteiger partial charge in [0.05, 0.1) is 5.69 Å². The quantitative estimate of drug-likeness (QED) is 0.355. The highest BCUT2D eigenvalue weighted by atomic mass is 35.5. The van der Waals surface area contributed by atoms with E-state index < -0.39 is 23.8 Å². The van der Waals surface area contributed by atoms with Crippen LogP contribution in [0.15, 0.2) is 66.2 Å². The highest BCUT2D eigenvalue weighted by molar-refractivity contribution is 6.39. The van der Waals surface area contributed by atoms with Crippen molar-refractivity contribution in [1.29, 1.82) is 0 Å². The Balaban J connectivity index is 1.55. The first-order valence-corrected chi connectivity index (χ1v) is 11.8. The molecule has 8 nitrogen and oxygen atoms in total. The number of barbiturate groups is 1. The van der Waals surface area contributed by atoms with Gasteiger partial charge in [-0.15, -0.1) is 0 Å². The van der Waals surface area contributed by atoms with Crippen LogP contribution >= 0.6 is 11.6 Å². The molecule has 2 N–H and O–H groups in total. The van der Waals surface area contributed by atoms with Gasteiger partial charge in [-0.3, -0.25) is 19.7 Å². The average molecular weight is 518 g/mol. The molecule has 0 saturated carbocycles. The number of hydrogen-bond donors (Lipinski definition) is 2. The van der Waals surface area contributed by atoms with Gasteiger partial charge < -0.3 is 10.1 Å². The van der Waals surface area contributed by atoms with Crippen molar-refractivity contribution < 1.29 is 23.9 Å². The SMILES string of the molecule is Cc1ccc(N2C(=O)NC(=O)/C(=C/c3ccccc3OCC(=O)Nc3ccc(C)c(Cl)c3)C2=O)cc1C. The Hall–Kier alpha value is -4.43. The van der Waals surface area contributed by atoms with E-state index in [2.05, 4.69) is 10.6 Å². The van der Waals surface area contributed by atoms with Crippen LogP contribution in [0.5, 0.6) is 5.75 Å². The molecule has 5 amide bonds. The average Bonchev–Trinajstić information content (AvgIpc) is 2.85. The number of benzene rings is 3. The summed E-state index contributed by atoms with van der Waals surface area (Å²) < 4.78 is 5.69. The van der Waals surface area contributed by atoms with Crippen LogP contribution in [-0.4, -0.2) is 30.4 Å². The summed E-state index contributed by atoms with van der Waals surface area (Å²) in [5.74, 6) is -1.72. The molecule has 4 rings (SSSR count). The molecular formula is C28H24ClN3O5. The number of carbonyl (C=O) groups excluding carboxylic acids is 4. The van der Waals surface area contributed by atoms with Gasteiger partial charge in [-0.2, -0.15) is 0 Å². The van der Waals surface area contributed by atoms with E-state index in [1.54, 1.807) is 60.7 Å². The van der Waals surface area contributed by atoms with Crippen LogP contribution in [0.4, 0.5) is 16.2 Å². The van der Waals surface area contributed by atoms with E-state index >= 15 is 0 Å². The van der Waals surface area contributed by atoms with Crippen molar-refractivity contribution in [3.8, 4) is 5.75 Å². The standard InChI is InChI=1S/C28H24ClN3O5/c1-16-9-11-21(12-18(16)3)32-27(35)22(26(34)31-28(32)36)13-19-6-4-5-7-24(19)37-15-25(33)30-20-10-8-17(2)23(29)14-20/h4-14H,15H2,1-3H3,(H,30,33)(H,31,34,36)/b22-13-. The second kappa shape index (κ2) is 10.7. The summed E-state index contributed by atoms with van der Waals surface area (Å²) in [6, 6.07) is 16.1. The molecule has 0 aromatic heterocycles. The third kappa shape index (κ3) is 5.70. The summed E-state index contributed by atoms with van der Waals surface area (Å²) in [5.41, 5.74) is 3.80. The number of ether oxygens (including phenoxy) is 1. The number of halogens is 1. The number of hydrogen-bond acceptors (Lipinski definition) is 5. The molecule has 9 heteroatoms. The lowest BCUT2D eigenvalue weighted by Gasteiger charge is -2.27. The minimum atomic E-state index is -0.826. The molecule has 0 unspecified atom stereocenters. The van der Waals surface area contributed by atoms with Crippen LogP contribution in [-0.2, 0) is 14.4 Å². The first-order valence-electron chi connectivity index (χ1n) is 11.4. The predicted octanol–water partition coefficient (Wildman–Crippen LogP) is 4.95. The van der Waals surface area contributed by atoms with Gasteiger partial charge in [0, 0.05) is 16.3 Å². The van der Waals surface area contributed by atoms with Gasteiger partial charge in [0.25, 0.3) is 17.7 Å². The van der Waals surface area contributed by atoms with Crippen LogP contribution in [0.1, 0.15) is 22.3 Å². The molecule has 0 spiro atoms. The number of aryl methyl sites for hydroxylation is 3. The lowest BCUT2D eigenvalue weighted by Crippen LogP contribution is -2.54. The molecule has 0 aliphatic carbocycles.